The molecule has 1 heterocycles. The second kappa shape index (κ2) is 4.37. The SMILES string of the molecule is O/N=C(\Cc1cc2ccccc2s1)C(F)(F)F. The van der Waals surface area contributed by atoms with Gasteiger partial charge >= 0.3 is 6.18 Å². The van der Waals surface area contributed by atoms with Crippen molar-refractivity contribution in [1.82, 2.24) is 0 Å². The van der Waals surface area contributed by atoms with Crippen LogP contribution in [0.1, 0.15) is 4.88 Å². The van der Waals surface area contributed by atoms with Gasteiger partial charge in [-0.15, -0.1) is 11.3 Å². The molecule has 1 N–H and O–H groups in total. The second-order valence-corrected chi connectivity index (χ2v) is 4.64. The fourth-order valence-electron chi connectivity index (χ4n) is 1.48. The van der Waals surface area contributed by atoms with Crippen LogP contribution >= 0.6 is 11.3 Å². The van der Waals surface area contributed by atoms with Gasteiger partial charge < -0.3 is 5.21 Å². The van der Waals surface area contributed by atoms with Crippen molar-refractivity contribution in [2.45, 2.75) is 12.6 Å². The molecule has 2 nitrogen and oxygen atoms in total. The molecule has 0 unspecified atom stereocenters. The number of hydrogen-bond donors (Lipinski definition) is 1. The van der Waals surface area contributed by atoms with Crippen LogP contribution in [0.15, 0.2) is 35.5 Å². The topological polar surface area (TPSA) is 32.6 Å². The summed E-state index contributed by atoms with van der Waals surface area (Å²) in [6.45, 7) is 0. The molecule has 0 atom stereocenters. The molecule has 0 saturated carbocycles. The van der Waals surface area contributed by atoms with E-state index in [9.17, 15) is 13.2 Å². The van der Waals surface area contributed by atoms with E-state index in [0.717, 1.165) is 10.1 Å². The number of thiophene rings is 1. The Morgan fingerprint density at radius 1 is 1.29 bits per heavy atom. The minimum absolute atomic E-state index is 0.403. The maximum atomic E-state index is 12.4. The summed E-state index contributed by atoms with van der Waals surface area (Å²) < 4.78 is 38.0. The van der Waals surface area contributed by atoms with Gasteiger partial charge in [-0.05, 0) is 17.5 Å². The second-order valence-electron chi connectivity index (χ2n) is 3.47. The van der Waals surface area contributed by atoms with E-state index >= 15 is 0 Å². The third-order valence-corrected chi connectivity index (χ3v) is 3.38. The van der Waals surface area contributed by atoms with Gasteiger partial charge in [-0.1, -0.05) is 23.4 Å². The van der Waals surface area contributed by atoms with E-state index in [2.05, 4.69) is 5.16 Å². The number of hydrogen-bond acceptors (Lipinski definition) is 3. The number of nitrogens with zero attached hydrogens (tertiary/aromatic N) is 1. The van der Waals surface area contributed by atoms with Gasteiger partial charge in [-0.2, -0.15) is 13.2 Å². The van der Waals surface area contributed by atoms with Crippen LogP contribution in [-0.2, 0) is 6.42 Å². The molecule has 17 heavy (non-hydrogen) atoms. The molecule has 0 bridgehead atoms. The van der Waals surface area contributed by atoms with Crippen LogP contribution in [0.5, 0.6) is 0 Å². The van der Waals surface area contributed by atoms with Gasteiger partial charge in [0.25, 0.3) is 0 Å². The number of alkyl halides is 3. The highest BCUT2D eigenvalue weighted by atomic mass is 32.1. The Hall–Kier alpha value is -1.56. The summed E-state index contributed by atoms with van der Waals surface area (Å²) in [5.41, 5.74) is -1.18. The van der Waals surface area contributed by atoms with Crippen molar-refractivity contribution in [3.8, 4) is 0 Å². The summed E-state index contributed by atoms with van der Waals surface area (Å²) in [5, 5.41) is 11.6. The molecule has 0 aliphatic carbocycles. The van der Waals surface area contributed by atoms with Gasteiger partial charge in [0.05, 0.1) is 0 Å². The van der Waals surface area contributed by atoms with Crippen LogP contribution < -0.4 is 0 Å². The smallest absolute Gasteiger partial charge is 0.411 e. The molecular formula is C11H8F3NOS. The average molecular weight is 259 g/mol. The van der Waals surface area contributed by atoms with Crippen LogP contribution in [-0.4, -0.2) is 17.1 Å². The van der Waals surface area contributed by atoms with Crippen molar-refractivity contribution in [3.63, 3.8) is 0 Å². The first-order valence-electron chi connectivity index (χ1n) is 4.76. The molecule has 0 fully saturated rings. The first-order chi connectivity index (χ1) is 8.00. The first kappa shape index (κ1) is 11.9. The summed E-state index contributed by atoms with van der Waals surface area (Å²) in [4.78, 5) is 0.524. The summed E-state index contributed by atoms with van der Waals surface area (Å²) in [5.74, 6) is 0. The van der Waals surface area contributed by atoms with Crippen LogP contribution in [0, 0.1) is 0 Å². The van der Waals surface area contributed by atoms with E-state index in [4.69, 9.17) is 5.21 Å². The van der Waals surface area contributed by atoms with Gasteiger partial charge in [-0.25, -0.2) is 0 Å². The molecule has 1 aromatic carbocycles. The molecular weight excluding hydrogens is 251 g/mol. The largest absolute Gasteiger partial charge is 0.433 e. The zero-order valence-corrected chi connectivity index (χ0v) is 9.35. The van der Waals surface area contributed by atoms with Gasteiger partial charge in [0.15, 0.2) is 5.71 Å². The number of fused-ring (bicyclic) bond motifs is 1. The predicted octanol–water partition coefficient (Wildman–Crippen LogP) is 3.84. The molecule has 0 aliphatic heterocycles. The van der Waals surface area contributed by atoms with E-state index in [-0.39, 0.29) is 0 Å². The van der Waals surface area contributed by atoms with Crippen molar-refractivity contribution < 1.29 is 18.4 Å². The lowest BCUT2D eigenvalue weighted by atomic mass is 10.2. The fourth-order valence-corrected chi connectivity index (χ4v) is 2.55. The quantitative estimate of drug-likeness (QED) is 0.496. The first-order valence-corrected chi connectivity index (χ1v) is 5.58. The Balaban J connectivity index is 2.30. The Labute approximate surface area is 99.0 Å². The molecule has 0 radical (unpaired) electrons. The van der Waals surface area contributed by atoms with Crippen molar-refractivity contribution in [3.05, 3.63) is 35.2 Å². The van der Waals surface area contributed by atoms with Crippen LogP contribution in [0.3, 0.4) is 0 Å². The van der Waals surface area contributed by atoms with Crippen LogP contribution in [0.25, 0.3) is 10.1 Å². The Kier molecular flexibility index (Phi) is 3.06. The lowest BCUT2D eigenvalue weighted by molar-refractivity contribution is -0.0622. The summed E-state index contributed by atoms with van der Waals surface area (Å²) in [6, 6.07) is 9.00. The highest BCUT2D eigenvalue weighted by Crippen LogP contribution is 2.28. The molecule has 0 amide bonds. The number of oxime groups is 1. The lowest BCUT2D eigenvalue weighted by Crippen LogP contribution is -2.24. The molecule has 0 aliphatic rings. The monoisotopic (exact) mass is 259 g/mol. The van der Waals surface area contributed by atoms with Crippen molar-refractivity contribution in [2.24, 2.45) is 5.16 Å². The van der Waals surface area contributed by atoms with E-state index in [1.807, 2.05) is 24.3 Å². The van der Waals surface area contributed by atoms with Gasteiger partial charge in [0.1, 0.15) is 0 Å². The van der Waals surface area contributed by atoms with Crippen LogP contribution in [0.2, 0.25) is 0 Å². The molecule has 90 valence electrons. The standard InChI is InChI=1S/C11H8F3NOS/c12-11(13,14)10(15-16)6-8-5-7-3-1-2-4-9(7)17-8/h1-5,16H,6H2/b15-10+. The number of benzene rings is 1. The maximum absolute atomic E-state index is 12.4. The fraction of sp³-hybridized carbons (Fsp3) is 0.182. The molecule has 1 aromatic heterocycles. The van der Waals surface area contributed by atoms with Crippen molar-refractivity contribution in [1.29, 1.82) is 0 Å². The van der Waals surface area contributed by atoms with E-state index in [0.29, 0.717) is 4.88 Å². The molecule has 2 aromatic rings. The van der Waals surface area contributed by atoms with Crippen molar-refractivity contribution in [2.75, 3.05) is 0 Å². The minimum atomic E-state index is -4.59. The van der Waals surface area contributed by atoms with E-state index in [1.165, 1.54) is 11.3 Å². The molecule has 0 spiro atoms. The highest BCUT2D eigenvalue weighted by molar-refractivity contribution is 7.19. The van der Waals surface area contributed by atoms with Crippen LogP contribution in [0.4, 0.5) is 13.2 Å². The Morgan fingerprint density at radius 3 is 2.59 bits per heavy atom. The summed E-state index contributed by atoms with van der Waals surface area (Å²) in [6.07, 6.45) is -5.00. The molecule has 6 heteroatoms. The van der Waals surface area contributed by atoms with Crippen molar-refractivity contribution >= 4 is 27.1 Å². The molecule has 0 saturated heterocycles. The van der Waals surface area contributed by atoms with Gasteiger partial charge in [-0.3, -0.25) is 0 Å². The summed E-state index contributed by atoms with van der Waals surface area (Å²) in [7, 11) is 0. The predicted molar refractivity (Wildman–Crippen MR) is 60.8 cm³/mol. The third kappa shape index (κ3) is 2.58. The van der Waals surface area contributed by atoms with Gasteiger partial charge in [0, 0.05) is 16.0 Å². The maximum Gasteiger partial charge on any atom is 0.433 e. The Morgan fingerprint density at radius 2 is 2.00 bits per heavy atom. The Bertz CT molecular complexity index is 526. The zero-order chi connectivity index (χ0) is 12.5. The summed E-state index contributed by atoms with van der Waals surface area (Å²) >= 11 is 1.27. The third-order valence-electron chi connectivity index (χ3n) is 2.27. The normalized spacial score (nSPS) is 13.2. The zero-order valence-electron chi connectivity index (χ0n) is 8.53. The number of halogens is 3. The van der Waals surface area contributed by atoms with E-state index in [1.54, 1.807) is 6.07 Å². The lowest BCUT2D eigenvalue weighted by Gasteiger charge is -2.06. The van der Waals surface area contributed by atoms with Gasteiger partial charge in [0.2, 0.25) is 0 Å². The number of rotatable bonds is 2. The average Bonchev–Trinajstić information content (AvgIpc) is 2.66. The highest BCUT2D eigenvalue weighted by Gasteiger charge is 2.36. The van der Waals surface area contributed by atoms with E-state index < -0.39 is 18.3 Å². The minimum Gasteiger partial charge on any atom is -0.411 e. The molecule has 2 rings (SSSR count).